The van der Waals surface area contributed by atoms with Gasteiger partial charge in [-0.05, 0) is 12.8 Å². The number of Topliss-reactive ketones (excluding diaryl/α,β-unsaturated/α-hetero) is 1. The predicted octanol–water partition coefficient (Wildman–Crippen LogP) is 2.85. The Bertz CT molecular complexity index is 347. The first-order valence-electron chi connectivity index (χ1n) is 9.96. The fourth-order valence-electron chi connectivity index (χ4n) is 2.79. The third-order valence-electron chi connectivity index (χ3n) is 4.55. The lowest BCUT2D eigenvalue weighted by Crippen LogP contribution is -2.48. The van der Waals surface area contributed by atoms with Crippen LogP contribution in [0.1, 0.15) is 84.0 Å². The van der Waals surface area contributed by atoms with Gasteiger partial charge in [-0.1, -0.05) is 83.3 Å². The fourth-order valence-corrected chi connectivity index (χ4v) is 2.79. The van der Waals surface area contributed by atoms with Gasteiger partial charge in [-0.15, -0.1) is 0 Å². The molecular formula is C20H39NO4. The van der Waals surface area contributed by atoms with Gasteiger partial charge in [0.15, 0.2) is 5.78 Å². The Balaban J connectivity index is 3.55. The molecule has 148 valence electrons. The second-order valence-electron chi connectivity index (χ2n) is 6.89. The van der Waals surface area contributed by atoms with Crippen LogP contribution in [0.5, 0.6) is 0 Å². The molecule has 0 aromatic rings. The van der Waals surface area contributed by atoms with Crippen molar-refractivity contribution in [1.29, 1.82) is 0 Å². The molecule has 0 aromatic heterocycles. The number of unbranched alkanes of at least 4 members (excludes halogenated alkanes) is 11. The van der Waals surface area contributed by atoms with Crippen LogP contribution in [0.25, 0.3) is 0 Å². The summed E-state index contributed by atoms with van der Waals surface area (Å²) in [5, 5.41) is 28.0. The average molecular weight is 358 g/mol. The zero-order valence-electron chi connectivity index (χ0n) is 15.9. The van der Waals surface area contributed by atoms with E-state index in [-0.39, 0.29) is 0 Å². The van der Waals surface area contributed by atoms with Gasteiger partial charge < -0.3 is 21.1 Å². The first-order chi connectivity index (χ1) is 12.0. The number of nitrogens with two attached hydrogens (primary N) is 1. The maximum absolute atomic E-state index is 11.1. The zero-order valence-corrected chi connectivity index (χ0v) is 15.9. The summed E-state index contributed by atoms with van der Waals surface area (Å²) >= 11 is 0. The highest BCUT2D eigenvalue weighted by Gasteiger charge is 2.26. The van der Waals surface area contributed by atoms with E-state index in [1.807, 2.05) is 6.08 Å². The summed E-state index contributed by atoms with van der Waals surface area (Å²) in [6.07, 6.45) is 15.8. The Labute approximate surface area is 153 Å². The second-order valence-corrected chi connectivity index (χ2v) is 6.89. The summed E-state index contributed by atoms with van der Waals surface area (Å²) in [7, 11) is 0. The summed E-state index contributed by atoms with van der Waals surface area (Å²) in [6.45, 7) is 1.47. The first kappa shape index (κ1) is 24.2. The first-order valence-corrected chi connectivity index (χ1v) is 9.96. The quantitative estimate of drug-likeness (QED) is 0.237. The molecule has 0 aliphatic heterocycles. The molecule has 0 rings (SSSR count). The summed E-state index contributed by atoms with van der Waals surface area (Å²) < 4.78 is 0. The Hall–Kier alpha value is -0.750. The van der Waals surface area contributed by atoms with Crippen LogP contribution in [0.3, 0.4) is 0 Å². The van der Waals surface area contributed by atoms with Gasteiger partial charge in [-0.3, -0.25) is 4.79 Å². The SMILES string of the molecule is CCCCCCCCCCCCCC=CC(O)C(N)C(O)C(=O)CO. The van der Waals surface area contributed by atoms with E-state index in [1.54, 1.807) is 0 Å². The minimum Gasteiger partial charge on any atom is -0.388 e. The number of hydrogen-bond acceptors (Lipinski definition) is 5. The number of hydrogen-bond donors (Lipinski definition) is 4. The van der Waals surface area contributed by atoms with Gasteiger partial charge in [0.2, 0.25) is 0 Å². The number of aliphatic hydroxyl groups is 3. The third kappa shape index (κ3) is 13.2. The smallest absolute Gasteiger partial charge is 0.188 e. The predicted molar refractivity (Wildman–Crippen MR) is 102 cm³/mol. The number of carbonyl (C=O) groups excluding carboxylic acids is 1. The molecule has 3 unspecified atom stereocenters. The Morgan fingerprint density at radius 1 is 0.920 bits per heavy atom. The van der Waals surface area contributed by atoms with Crippen molar-refractivity contribution in [3.63, 3.8) is 0 Å². The highest BCUT2D eigenvalue weighted by atomic mass is 16.3. The van der Waals surface area contributed by atoms with E-state index in [4.69, 9.17) is 10.8 Å². The number of carbonyl (C=O) groups is 1. The lowest BCUT2D eigenvalue weighted by molar-refractivity contribution is -0.132. The van der Waals surface area contributed by atoms with Crippen molar-refractivity contribution in [3.05, 3.63) is 12.2 Å². The molecule has 0 saturated carbocycles. The Morgan fingerprint density at radius 3 is 1.88 bits per heavy atom. The number of ketones is 1. The van der Waals surface area contributed by atoms with Crippen LogP contribution in [0, 0.1) is 0 Å². The summed E-state index contributed by atoms with van der Waals surface area (Å²) in [4.78, 5) is 11.1. The third-order valence-corrected chi connectivity index (χ3v) is 4.55. The maximum Gasteiger partial charge on any atom is 0.188 e. The molecule has 25 heavy (non-hydrogen) atoms. The Kier molecular flexibility index (Phi) is 16.2. The van der Waals surface area contributed by atoms with Gasteiger partial charge in [0, 0.05) is 0 Å². The number of aliphatic hydroxyl groups excluding tert-OH is 3. The molecule has 0 saturated heterocycles. The molecule has 0 radical (unpaired) electrons. The van der Waals surface area contributed by atoms with Gasteiger partial charge in [-0.25, -0.2) is 0 Å². The largest absolute Gasteiger partial charge is 0.388 e. The van der Waals surface area contributed by atoms with Crippen LogP contribution >= 0.6 is 0 Å². The van der Waals surface area contributed by atoms with Gasteiger partial charge in [0.05, 0.1) is 12.1 Å². The Morgan fingerprint density at radius 2 is 1.40 bits per heavy atom. The molecule has 5 nitrogen and oxygen atoms in total. The van der Waals surface area contributed by atoms with E-state index in [1.165, 1.54) is 70.3 Å². The van der Waals surface area contributed by atoms with Crippen molar-refractivity contribution in [3.8, 4) is 0 Å². The lowest BCUT2D eigenvalue weighted by atomic mass is 10.0. The highest BCUT2D eigenvalue weighted by Crippen LogP contribution is 2.12. The molecule has 5 heteroatoms. The highest BCUT2D eigenvalue weighted by molar-refractivity contribution is 5.84. The second kappa shape index (κ2) is 16.7. The normalized spacial score (nSPS) is 15.4. The zero-order chi connectivity index (χ0) is 18.9. The molecule has 0 fully saturated rings. The summed E-state index contributed by atoms with van der Waals surface area (Å²) in [6, 6.07) is -1.10. The molecule has 0 aliphatic carbocycles. The molecule has 0 aliphatic rings. The minimum absolute atomic E-state index is 0.773. The van der Waals surface area contributed by atoms with Crippen molar-refractivity contribution in [1.82, 2.24) is 0 Å². The average Bonchev–Trinajstić information content (AvgIpc) is 2.63. The van der Waals surface area contributed by atoms with Gasteiger partial charge in [-0.2, -0.15) is 0 Å². The van der Waals surface area contributed by atoms with Crippen molar-refractivity contribution >= 4 is 5.78 Å². The van der Waals surface area contributed by atoms with E-state index in [9.17, 15) is 15.0 Å². The van der Waals surface area contributed by atoms with Crippen molar-refractivity contribution in [2.75, 3.05) is 6.61 Å². The fraction of sp³-hybridized carbons (Fsp3) is 0.850. The van der Waals surface area contributed by atoms with Crippen molar-refractivity contribution in [2.45, 2.75) is 102 Å². The standard InChI is InChI=1S/C20H39NO4/c1-2-3-4-5-6-7-8-9-10-11-12-13-14-15-17(23)19(21)20(25)18(24)16-22/h14-15,17,19-20,22-23,25H,2-13,16,21H2,1H3. The molecule has 0 bridgehead atoms. The lowest BCUT2D eigenvalue weighted by Gasteiger charge is -2.20. The van der Waals surface area contributed by atoms with Crippen LogP contribution in [0.15, 0.2) is 12.2 Å². The molecular weight excluding hydrogens is 318 g/mol. The van der Waals surface area contributed by atoms with E-state index in [2.05, 4.69) is 6.92 Å². The van der Waals surface area contributed by atoms with Crippen molar-refractivity contribution < 1.29 is 20.1 Å². The van der Waals surface area contributed by atoms with E-state index < -0.39 is 30.6 Å². The van der Waals surface area contributed by atoms with Crippen LogP contribution in [0.2, 0.25) is 0 Å². The van der Waals surface area contributed by atoms with Crippen LogP contribution < -0.4 is 5.73 Å². The van der Waals surface area contributed by atoms with E-state index in [0.717, 1.165) is 12.8 Å². The van der Waals surface area contributed by atoms with Crippen LogP contribution in [-0.2, 0) is 4.79 Å². The topological polar surface area (TPSA) is 104 Å². The molecule has 0 amide bonds. The minimum atomic E-state index is -1.54. The van der Waals surface area contributed by atoms with E-state index >= 15 is 0 Å². The summed E-state index contributed by atoms with van der Waals surface area (Å²) in [5.74, 6) is -0.773. The molecule has 0 heterocycles. The molecule has 5 N–H and O–H groups in total. The molecule has 0 aromatic carbocycles. The monoisotopic (exact) mass is 357 g/mol. The van der Waals surface area contributed by atoms with Crippen LogP contribution in [-0.4, -0.2) is 46.0 Å². The van der Waals surface area contributed by atoms with Crippen LogP contribution in [0.4, 0.5) is 0 Å². The summed E-state index contributed by atoms with van der Waals surface area (Å²) in [5.41, 5.74) is 5.60. The number of rotatable bonds is 17. The van der Waals surface area contributed by atoms with E-state index in [0.29, 0.717) is 0 Å². The van der Waals surface area contributed by atoms with Crippen molar-refractivity contribution in [2.24, 2.45) is 5.73 Å². The molecule has 3 atom stereocenters. The van der Waals surface area contributed by atoms with Gasteiger partial charge >= 0.3 is 0 Å². The number of allylic oxidation sites excluding steroid dienone is 1. The van der Waals surface area contributed by atoms with Gasteiger partial charge in [0.25, 0.3) is 0 Å². The maximum atomic E-state index is 11.1. The molecule has 0 spiro atoms. The van der Waals surface area contributed by atoms with Gasteiger partial charge in [0.1, 0.15) is 12.7 Å².